The average Bonchev–Trinajstić information content (AvgIpc) is 3.45. The van der Waals surface area contributed by atoms with Gasteiger partial charge in [0.2, 0.25) is 0 Å². The van der Waals surface area contributed by atoms with Crippen molar-refractivity contribution in [2.75, 3.05) is 37.7 Å². The summed E-state index contributed by atoms with van der Waals surface area (Å²) in [7, 11) is 0. The standard InChI is InChI=1S/C24H27ClFN5OS/c25-21-5-1-2-6-22(21)29-13-11-28(12-14-29)17-31-24(33)30(16-20-4-3-15-32-20)23(27-31)18-7-9-19(26)10-8-18/h1-2,5-10,20H,3-4,11-17H2. The van der Waals surface area contributed by atoms with Crippen LogP contribution < -0.4 is 4.90 Å². The highest BCUT2D eigenvalue weighted by Gasteiger charge is 2.23. The first-order chi connectivity index (χ1) is 16.1. The van der Waals surface area contributed by atoms with Crippen LogP contribution in [0.5, 0.6) is 0 Å². The summed E-state index contributed by atoms with van der Waals surface area (Å²) in [5.74, 6) is 0.490. The van der Waals surface area contributed by atoms with E-state index >= 15 is 0 Å². The maximum atomic E-state index is 13.5. The molecule has 0 saturated carbocycles. The monoisotopic (exact) mass is 487 g/mol. The van der Waals surface area contributed by atoms with Crippen molar-refractivity contribution in [3.63, 3.8) is 0 Å². The Bertz CT molecular complexity index is 1150. The maximum Gasteiger partial charge on any atom is 0.199 e. The largest absolute Gasteiger partial charge is 0.376 e. The average molecular weight is 488 g/mol. The molecule has 0 N–H and O–H groups in total. The molecule has 2 aliphatic heterocycles. The summed E-state index contributed by atoms with van der Waals surface area (Å²) in [4.78, 5) is 4.67. The number of nitrogens with zero attached hydrogens (tertiary/aromatic N) is 5. The Kier molecular flexibility index (Phi) is 6.78. The van der Waals surface area contributed by atoms with E-state index in [-0.39, 0.29) is 11.9 Å². The van der Waals surface area contributed by atoms with Crippen LogP contribution in [0.15, 0.2) is 48.5 Å². The Balaban J connectivity index is 1.34. The lowest BCUT2D eigenvalue weighted by atomic mass is 10.2. The third-order valence-electron chi connectivity index (χ3n) is 6.33. The van der Waals surface area contributed by atoms with Crippen LogP contribution in [0.25, 0.3) is 11.4 Å². The first kappa shape index (κ1) is 22.5. The highest BCUT2D eigenvalue weighted by atomic mass is 35.5. The third kappa shape index (κ3) is 4.99. The fourth-order valence-electron chi connectivity index (χ4n) is 4.53. The zero-order chi connectivity index (χ0) is 22.8. The smallest absolute Gasteiger partial charge is 0.199 e. The number of piperazine rings is 1. The molecule has 0 spiro atoms. The van der Waals surface area contributed by atoms with Crippen LogP contribution in [0, 0.1) is 10.6 Å². The first-order valence-corrected chi connectivity index (χ1v) is 12.1. The maximum absolute atomic E-state index is 13.5. The van der Waals surface area contributed by atoms with E-state index in [9.17, 15) is 4.39 Å². The number of hydrogen-bond acceptors (Lipinski definition) is 5. The Morgan fingerprint density at radius 2 is 1.82 bits per heavy atom. The SMILES string of the molecule is Fc1ccc(-c2nn(CN3CCN(c4ccccc4Cl)CC3)c(=S)n2CC2CCCO2)cc1. The second kappa shape index (κ2) is 9.93. The van der Waals surface area contributed by atoms with E-state index in [2.05, 4.69) is 15.9 Å². The second-order valence-corrected chi connectivity index (χ2v) is 9.33. The zero-order valence-electron chi connectivity index (χ0n) is 18.4. The van der Waals surface area contributed by atoms with E-state index in [0.717, 1.165) is 67.7 Å². The van der Waals surface area contributed by atoms with Crippen LogP contribution in [0.4, 0.5) is 10.1 Å². The van der Waals surface area contributed by atoms with E-state index in [1.807, 2.05) is 27.4 Å². The van der Waals surface area contributed by atoms with Gasteiger partial charge in [-0.2, -0.15) is 5.10 Å². The van der Waals surface area contributed by atoms with Gasteiger partial charge in [-0.1, -0.05) is 23.7 Å². The van der Waals surface area contributed by atoms with E-state index in [0.29, 0.717) is 18.0 Å². The lowest BCUT2D eigenvalue weighted by Gasteiger charge is -2.36. The van der Waals surface area contributed by atoms with Gasteiger partial charge in [0, 0.05) is 38.3 Å². The Morgan fingerprint density at radius 1 is 1.06 bits per heavy atom. The molecule has 2 fully saturated rings. The number of ether oxygens (including phenoxy) is 1. The number of halogens is 2. The molecule has 0 radical (unpaired) electrons. The molecule has 3 aromatic rings. The van der Waals surface area contributed by atoms with E-state index in [1.165, 1.54) is 12.1 Å². The molecule has 0 amide bonds. The Hall–Kier alpha value is -2.26. The normalized spacial score (nSPS) is 19.3. The highest BCUT2D eigenvalue weighted by Crippen LogP contribution is 2.26. The number of anilines is 1. The highest BCUT2D eigenvalue weighted by molar-refractivity contribution is 7.71. The molecule has 1 aromatic heterocycles. The summed E-state index contributed by atoms with van der Waals surface area (Å²) >= 11 is 12.2. The van der Waals surface area contributed by atoms with Crippen molar-refractivity contribution in [3.8, 4) is 11.4 Å². The molecular formula is C24H27ClFN5OS. The number of hydrogen-bond donors (Lipinski definition) is 0. The van der Waals surface area contributed by atoms with Crippen molar-refractivity contribution in [1.29, 1.82) is 0 Å². The van der Waals surface area contributed by atoms with Gasteiger partial charge in [-0.25, -0.2) is 9.07 Å². The molecule has 9 heteroatoms. The molecule has 2 saturated heterocycles. The van der Waals surface area contributed by atoms with Crippen LogP contribution in [0.2, 0.25) is 5.02 Å². The summed E-state index contributed by atoms with van der Waals surface area (Å²) in [5.41, 5.74) is 1.93. The summed E-state index contributed by atoms with van der Waals surface area (Å²) in [6, 6.07) is 14.4. The van der Waals surface area contributed by atoms with Crippen molar-refractivity contribution in [3.05, 3.63) is 64.1 Å². The van der Waals surface area contributed by atoms with Crippen LogP contribution in [-0.2, 0) is 18.0 Å². The Labute approximate surface area is 203 Å². The number of rotatable bonds is 6. The van der Waals surface area contributed by atoms with E-state index in [4.69, 9.17) is 33.7 Å². The summed E-state index contributed by atoms with van der Waals surface area (Å²) in [5, 5.41) is 5.64. The van der Waals surface area contributed by atoms with Crippen molar-refractivity contribution in [2.45, 2.75) is 32.2 Å². The van der Waals surface area contributed by atoms with E-state index in [1.54, 1.807) is 12.1 Å². The van der Waals surface area contributed by atoms with Crippen LogP contribution in [-0.4, -0.2) is 58.1 Å². The molecule has 3 heterocycles. The van der Waals surface area contributed by atoms with Gasteiger partial charge in [-0.15, -0.1) is 0 Å². The minimum Gasteiger partial charge on any atom is -0.376 e. The lowest BCUT2D eigenvalue weighted by Crippen LogP contribution is -2.47. The second-order valence-electron chi connectivity index (χ2n) is 8.56. The molecule has 5 rings (SSSR count). The van der Waals surface area contributed by atoms with Crippen LogP contribution >= 0.6 is 23.8 Å². The summed E-state index contributed by atoms with van der Waals surface area (Å²) in [6.45, 7) is 5.60. The molecule has 2 aliphatic rings. The predicted molar refractivity (Wildman–Crippen MR) is 131 cm³/mol. The zero-order valence-corrected chi connectivity index (χ0v) is 19.9. The van der Waals surface area contributed by atoms with Gasteiger partial charge in [0.15, 0.2) is 10.6 Å². The number of aromatic nitrogens is 3. The minimum absolute atomic E-state index is 0.132. The van der Waals surface area contributed by atoms with Gasteiger partial charge >= 0.3 is 0 Å². The van der Waals surface area contributed by atoms with Crippen molar-refractivity contribution in [2.24, 2.45) is 0 Å². The minimum atomic E-state index is -0.265. The summed E-state index contributed by atoms with van der Waals surface area (Å²) in [6.07, 6.45) is 2.21. The van der Waals surface area contributed by atoms with Crippen molar-refractivity contribution >= 4 is 29.5 Å². The van der Waals surface area contributed by atoms with Gasteiger partial charge in [-0.05, 0) is 61.5 Å². The Morgan fingerprint density at radius 3 is 2.52 bits per heavy atom. The first-order valence-electron chi connectivity index (χ1n) is 11.4. The van der Waals surface area contributed by atoms with Gasteiger partial charge in [0.05, 0.1) is 30.0 Å². The quantitative estimate of drug-likeness (QED) is 0.465. The molecule has 6 nitrogen and oxygen atoms in total. The molecule has 2 aromatic carbocycles. The fourth-order valence-corrected chi connectivity index (χ4v) is 5.04. The van der Waals surface area contributed by atoms with Gasteiger partial charge < -0.3 is 9.64 Å². The molecule has 0 aliphatic carbocycles. The number of para-hydroxylation sites is 1. The van der Waals surface area contributed by atoms with Crippen LogP contribution in [0.3, 0.4) is 0 Å². The fraction of sp³-hybridized carbons (Fsp3) is 0.417. The molecule has 1 unspecified atom stereocenters. The van der Waals surface area contributed by atoms with E-state index < -0.39 is 0 Å². The summed E-state index contributed by atoms with van der Waals surface area (Å²) < 4.78 is 24.0. The molecule has 33 heavy (non-hydrogen) atoms. The number of benzene rings is 2. The topological polar surface area (TPSA) is 38.5 Å². The van der Waals surface area contributed by atoms with Crippen molar-refractivity contribution in [1.82, 2.24) is 19.2 Å². The molecule has 174 valence electrons. The van der Waals surface area contributed by atoms with Crippen LogP contribution in [0.1, 0.15) is 12.8 Å². The predicted octanol–water partition coefficient (Wildman–Crippen LogP) is 4.83. The molecule has 1 atom stereocenters. The van der Waals surface area contributed by atoms with Gasteiger partial charge in [0.1, 0.15) is 5.82 Å². The third-order valence-corrected chi connectivity index (χ3v) is 7.09. The van der Waals surface area contributed by atoms with Gasteiger partial charge in [0.25, 0.3) is 0 Å². The molecular weight excluding hydrogens is 461 g/mol. The van der Waals surface area contributed by atoms with Gasteiger partial charge in [-0.3, -0.25) is 9.47 Å². The molecule has 0 bridgehead atoms. The lowest BCUT2D eigenvalue weighted by molar-refractivity contribution is 0.0966. The van der Waals surface area contributed by atoms with Crippen molar-refractivity contribution < 1.29 is 9.13 Å².